The third-order valence-corrected chi connectivity index (χ3v) is 2.68. The zero-order valence-corrected chi connectivity index (χ0v) is 11.0. The van der Waals surface area contributed by atoms with Gasteiger partial charge in [0.25, 0.3) is 5.91 Å². The molecule has 0 aliphatic carbocycles. The molecule has 0 aliphatic rings. The predicted molar refractivity (Wildman–Crippen MR) is 66.8 cm³/mol. The van der Waals surface area contributed by atoms with Crippen LogP contribution in [0.2, 0.25) is 0 Å². The summed E-state index contributed by atoms with van der Waals surface area (Å²) in [6, 6.07) is 3.87. The molecule has 0 aromatic heterocycles. The van der Waals surface area contributed by atoms with Crippen LogP contribution in [0.5, 0.6) is 5.75 Å². The van der Waals surface area contributed by atoms with Gasteiger partial charge in [-0.1, -0.05) is 15.9 Å². The number of carbonyl (C=O) groups excluding carboxylic acids is 2. The van der Waals surface area contributed by atoms with Gasteiger partial charge in [0, 0.05) is 11.5 Å². The smallest absolute Gasteiger partial charge is 0.255 e. The number of rotatable bonds is 3. The summed E-state index contributed by atoms with van der Waals surface area (Å²) in [7, 11) is 1.49. The maximum Gasteiger partial charge on any atom is 0.255 e. The number of halogens is 1. The second kappa shape index (κ2) is 5.67. The number of amides is 2. The highest BCUT2D eigenvalue weighted by atomic mass is 79.9. The molecule has 3 N–H and O–H groups in total. The monoisotopic (exact) mass is 300 g/mol. The molecule has 17 heavy (non-hydrogen) atoms. The lowest BCUT2D eigenvalue weighted by Crippen LogP contribution is -2.43. The van der Waals surface area contributed by atoms with Crippen LogP contribution >= 0.6 is 15.9 Å². The maximum atomic E-state index is 11.7. The molecule has 0 heterocycles. The number of phenolic OH excluding ortho intramolecular Hbond substituents is 1. The molecule has 0 aliphatic heterocycles. The van der Waals surface area contributed by atoms with E-state index in [-0.39, 0.29) is 17.2 Å². The highest BCUT2D eigenvalue weighted by Crippen LogP contribution is 2.22. The van der Waals surface area contributed by atoms with Gasteiger partial charge in [-0.15, -0.1) is 0 Å². The van der Waals surface area contributed by atoms with Gasteiger partial charge in [0.2, 0.25) is 5.91 Å². The van der Waals surface area contributed by atoms with Crippen LogP contribution in [0.1, 0.15) is 17.3 Å². The summed E-state index contributed by atoms with van der Waals surface area (Å²) in [5, 5.41) is 14.5. The number of phenols is 1. The fourth-order valence-electron chi connectivity index (χ4n) is 1.25. The third kappa shape index (κ3) is 3.45. The van der Waals surface area contributed by atoms with Gasteiger partial charge in [0.15, 0.2) is 0 Å². The molecule has 0 fully saturated rings. The number of hydrogen-bond acceptors (Lipinski definition) is 3. The molecule has 6 heteroatoms. The van der Waals surface area contributed by atoms with Crippen LogP contribution in [0.15, 0.2) is 22.7 Å². The molecule has 1 aromatic rings. The maximum absolute atomic E-state index is 11.7. The van der Waals surface area contributed by atoms with Crippen molar-refractivity contribution < 1.29 is 14.7 Å². The van der Waals surface area contributed by atoms with Gasteiger partial charge in [-0.2, -0.15) is 0 Å². The van der Waals surface area contributed by atoms with E-state index < -0.39 is 11.9 Å². The third-order valence-electron chi connectivity index (χ3n) is 2.19. The average Bonchev–Trinajstić information content (AvgIpc) is 2.27. The van der Waals surface area contributed by atoms with Crippen molar-refractivity contribution >= 4 is 27.7 Å². The predicted octanol–water partition coefficient (Wildman–Crippen LogP) is 1.02. The van der Waals surface area contributed by atoms with Crippen molar-refractivity contribution in [1.82, 2.24) is 10.6 Å². The minimum atomic E-state index is -0.657. The van der Waals surface area contributed by atoms with E-state index in [2.05, 4.69) is 26.6 Å². The van der Waals surface area contributed by atoms with Crippen molar-refractivity contribution in [2.75, 3.05) is 7.05 Å². The molecule has 0 spiro atoms. The fraction of sp³-hybridized carbons (Fsp3) is 0.273. The van der Waals surface area contributed by atoms with E-state index in [0.29, 0.717) is 4.47 Å². The molecule has 1 unspecified atom stereocenters. The summed E-state index contributed by atoms with van der Waals surface area (Å²) in [5.41, 5.74) is 0.129. The number of carbonyl (C=O) groups is 2. The minimum absolute atomic E-state index is 0.129. The van der Waals surface area contributed by atoms with Crippen molar-refractivity contribution in [2.45, 2.75) is 13.0 Å². The van der Waals surface area contributed by atoms with Gasteiger partial charge in [0.05, 0.1) is 5.56 Å². The van der Waals surface area contributed by atoms with Gasteiger partial charge in [-0.3, -0.25) is 9.59 Å². The second-order valence-corrected chi connectivity index (χ2v) is 4.39. The van der Waals surface area contributed by atoms with E-state index in [4.69, 9.17) is 0 Å². The van der Waals surface area contributed by atoms with E-state index in [1.54, 1.807) is 13.0 Å². The summed E-state index contributed by atoms with van der Waals surface area (Å²) in [6.07, 6.45) is 0. The fourth-order valence-corrected chi connectivity index (χ4v) is 1.60. The summed E-state index contributed by atoms with van der Waals surface area (Å²) >= 11 is 3.17. The molecule has 0 bridgehead atoms. The first-order valence-electron chi connectivity index (χ1n) is 4.96. The van der Waals surface area contributed by atoms with Crippen molar-refractivity contribution in [3.05, 3.63) is 28.2 Å². The Morgan fingerprint density at radius 2 is 2.06 bits per heavy atom. The second-order valence-electron chi connectivity index (χ2n) is 3.47. The van der Waals surface area contributed by atoms with Crippen LogP contribution in [0.3, 0.4) is 0 Å². The number of nitrogens with one attached hydrogen (secondary N) is 2. The Kier molecular flexibility index (Phi) is 4.51. The topological polar surface area (TPSA) is 78.4 Å². The molecule has 92 valence electrons. The first kappa shape index (κ1) is 13.5. The largest absolute Gasteiger partial charge is 0.507 e. The Morgan fingerprint density at radius 3 is 2.59 bits per heavy atom. The first-order chi connectivity index (χ1) is 7.95. The van der Waals surface area contributed by atoms with Crippen molar-refractivity contribution in [3.8, 4) is 5.75 Å². The van der Waals surface area contributed by atoms with Crippen LogP contribution < -0.4 is 10.6 Å². The van der Waals surface area contributed by atoms with E-state index in [1.165, 1.54) is 19.2 Å². The standard InChI is InChI=1S/C11H13BrN2O3/c1-6(10(16)13-2)14-11(17)8-4-3-7(12)5-9(8)15/h3-6,15H,1-2H3,(H,13,16)(H,14,17). The van der Waals surface area contributed by atoms with Crippen LogP contribution in [0.4, 0.5) is 0 Å². The van der Waals surface area contributed by atoms with Crippen molar-refractivity contribution in [3.63, 3.8) is 0 Å². The lowest BCUT2D eigenvalue weighted by atomic mass is 10.1. The highest BCUT2D eigenvalue weighted by molar-refractivity contribution is 9.10. The van der Waals surface area contributed by atoms with Gasteiger partial charge in [-0.25, -0.2) is 0 Å². The lowest BCUT2D eigenvalue weighted by Gasteiger charge is -2.12. The zero-order chi connectivity index (χ0) is 13.0. The molecule has 1 atom stereocenters. The summed E-state index contributed by atoms with van der Waals surface area (Å²) < 4.78 is 0.672. The first-order valence-corrected chi connectivity index (χ1v) is 5.76. The molecule has 0 saturated carbocycles. The summed E-state index contributed by atoms with van der Waals surface area (Å²) in [5.74, 6) is -0.929. The Hall–Kier alpha value is -1.56. The number of likely N-dealkylation sites (N-methyl/N-ethyl adjacent to an activating group) is 1. The summed E-state index contributed by atoms with van der Waals surface area (Å²) in [6.45, 7) is 1.56. The van der Waals surface area contributed by atoms with Crippen molar-refractivity contribution in [2.24, 2.45) is 0 Å². The Bertz CT molecular complexity index is 448. The average molecular weight is 301 g/mol. The van der Waals surface area contributed by atoms with Crippen LogP contribution in [0.25, 0.3) is 0 Å². The molecule has 0 radical (unpaired) electrons. The van der Waals surface area contributed by atoms with Crippen LogP contribution in [-0.4, -0.2) is 30.0 Å². The Labute approximate surface area is 107 Å². The summed E-state index contributed by atoms with van der Waals surface area (Å²) in [4.78, 5) is 23.0. The normalized spacial score (nSPS) is 11.7. The number of benzene rings is 1. The van der Waals surface area contributed by atoms with Crippen molar-refractivity contribution in [1.29, 1.82) is 0 Å². The van der Waals surface area contributed by atoms with Crippen LogP contribution in [-0.2, 0) is 4.79 Å². The highest BCUT2D eigenvalue weighted by Gasteiger charge is 2.17. The van der Waals surface area contributed by atoms with E-state index in [0.717, 1.165) is 0 Å². The molecular weight excluding hydrogens is 288 g/mol. The molecular formula is C11H13BrN2O3. The van der Waals surface area contributed by atoms with Gasteiger partial charge < -0.3 is 15.7 Å². The number of hydrogen-bond donors (Lipinski definition) is 3. The minimum Gasteiger partial charge on any atom is -0.507 e. The van der Waals surface area contributed by atoms with Crippen LogP contribution in [0, 0.1) is 0 Å². The molecule has 1 aromatic carbocycles. The van der Waals surface area contributed by atoms with E-state index in [9.17, 15) is 14.7 Å². The zero-order valence-electron chi connectivity index (χ0n) is 9.45. The SMILES string of the molecule is CNC(=O)C(C)NC(=O)c1ccc(Br)cc1O. The molecule has 5 nitrogen and oxygen atoms in total. The Morgan fingerprint density at radius 1 is 1.41 bits per heavy atom. The van der Waals surface area contributed by atoms with E-state index in [1.807, 2.05) is 0 Å². The van der Waals surface area contributed by atoms with E-state index >= 15 is 0 Å². The quantitative estimate of drug-likeness (QED) is 0.780. The lowest BCUT2D eigenvalue weighted by molar-refractivity contribution is -0.122. The molecule has 0 saturated heterocycles. The van der Waals surface area contributed by atoms with Gasteiger partial charge in [0.1, 0.15) is 11.8 Å². The van der Waals surface area contributed by atoms with Gasteiger partial charge in [-0.05, 0) is 25.1 Å². The molecule has 1 rings (SSSR count). The molecule has 2 amide bonds. The number of aromatic hydroxyl groups is 1. The Balaban J connectivity index is 2.80. The van der Waals surface area contributed by atoms with Gasteiger partial charge >= 0.3 is 0 Å².